The lowest BCUT2D eigenvalue weighted by Gasteiger charge is -2.45. The first-order valence-corrected chi connectivity index (χ1v) is 7.85. The quantitative estimate of drug-likeness (QED) is 0.688. The van der Waals surface area contributed by atoms with Gasteiger partial charge in [0.2, 0.25) is 5.72 Å². The highest BCUT2D eigenvalue weighted by Crippen LogP contribution is 2.54. The monoisotopic (exact) mass is 311 g/mol. The van der Waals surface area contributed by atoms with Crippen molar-refractivity contribution in [3.05, 3.63) is 64.7 Å². The largest absolute Gasteiger partial charge is 0.463 e. The van der Waals surface area contributed by atoms with E-state index in [9.17, 15) is 0 Å². The van der Waals surface area contributed by atoms with E-state index in [-0.39, 0.29) is 5.41 Å². The average molecular weight is 312 g/mol. The van der Waals surface area contributed by atoms with Gasteiger partial charge in [0.15, 0.2) is 0 Å². The van der Waals surface area contributed by atoms with Crippen LogP contribution in [0.1, 0.15) is 25.0 Å². The second-order valence-electron chi connectivity index (χ2n) is 6.52. The summed E-state index contributed by atoms with van der Waals surface area (Å²) < 4.78 is 6.53. The molecular formula is C19H18ClNO. The van der Waals surface area contributed by atoms with Crippen molar-refractivity contribution in [3.63, 3.8) is 0 Å². The van der Waals surface area contributed by atoms with E-state index in [0.29, 0.717) is 0 Å². The number of ether oxygens (including phenoxy) is 1. The third kappa shape index (κ3) is 1.56. The first-order valence-electron chi connectivity index (χ1n) is 7.47. The Labute approximate surface area is 136 Å². The smallest absolute Gasteiger partial charge is 0.211 e. The summed E-state index contributed by atoms with van der Waals surface area (Å²) >= 11 is 6.09. The Balaban J connectivity index is 1.89. The number of anilines is 1. The molecule has 3 heteroatoms. The number of halogens is 1. The summed E-state index contributed by atoms with van der Waals surface area (Å²) in [6, 6.07) is 14.3. The lowest BCUT2D eigenvalue weighted by molar-refractivity contribution is 0.0582. The molecule has 0 saturated heterocycles. The molecule has 0 unspecified atom stereocenters. The molecule has 1 atom stereocenters. The van der Waals surface area contributed by atoms with Crippen LogP contribution in [0.3, 0.4) is 0 Å². The van der Waals surface area contributed by atoms with E-state index in [4.69, 9.17) is 16.3 Å². The van der Waals surface area contributed by atoms with Crippen molar-refractivity contribution in [3.8, 4) is 5.75 Å². The van der Waals surface area contributed by atoms with Crippen molar-refractivity contribution in [2.24, 2.45) is 0 Å². The third-order valence-corrected chi connectivity index (χ3v) is 5.29. The normalized spacial score (nSPS) is 24.1. The summed E-state index contributed by atoms with van der Waals surface area (Å²) in [6.45, 7) is 4.47. The van der Waals surface area contributed by atoms with Crippen LogP contribution in [0.2, 0.25) is 5.02 Å². The number of nitrogens with zero attached hydrogens (tertiary/aromatic N) is 1. The van der Waals surface area contributed by atoms with Gasteiger partial charge in [-0.05, 0) is 55.8 Å². The lowest BCUT2D eigenvalue weighted by atomic mass is 9.76. The Bertz CT molecular complexity index is 796. The second kappa shape index (κ2) is 4.30. The third-order valence-electron chi connectivity index (χ3n) is 5.06. The zero-order valence-corrected chi connectivity index (χ0v) is 13.7. The average Bonchev–Trinajstić information content (AvgIpc) is 2.67. The minimum atomic E-state index is -0.516. The first kappa shape index (κ1) is 13.7. The molecular weight excluding hydrogens is 294 g/mol. The topological polar surface area (TPSA) is 12.5 Å². The van der Waals surface area contributed by atoms with Crippen molar-refractivity contribution in [2.45, 2.75) is 25.0 Å². The zero-order chi connectivity index (χ0) is 15.5. The van der Waals surface area contributed by atoms with Gasteiger partial charge in [0, 0.05) is 23.3 Å². The lowest BCUT2D eigenvalue weighted by Crippen LogP contribution is -2.58. The molecule has 0 saturated carbocycles. The summed E-state index contributed by atoms with van der Waals surface area (Å²) in [4.78, 5) is 2.23. The molecule has 4 rings (SSSR count). The first-order chi connectivity index (χ1) is 10.5. The Morgan fingerprint density at radius 1 is 1.09 bits per heavy atom. The molecule has 0 aliphatic carbocycles. The van der Waals surface area contributed by atoms with Crippen LogP contribution in [-0.2, 0) is 5.41 Å². The standard InChI is InChI=1S/C19H18ClNO/c1-18(2)15-6-4-5-7-16(15)21(3)19(18)11-10-13-12-14(20)8-9-17(13)22-19/h4-12H,1-3H3/t19-/m1/s1. The van der Waals surface area contributed by atoms with Crippen molar-refractivity contribution >= 4 is 23.4 Å². The van der Waals surface area contributed by atoms with Crippen LogP contribution in [0.4, 0.5) is 5.69 Å². The Hall–Kier alpha value is -1.93. The number of benzene rings is 2. The summed E-state index contributed by atoms with van der Waals surface area (Å²) in [6.07, 6.45) is 4.28. The summed E-state index contributed by atoms with van der Waals surface area (Å²) in [5.74, 6) is 0.875. The predicted octanol–water partition coefficient (Wildman–Crippen LogP) is 4.87. The number of hydrogen-bond acceptors (Lipinski definition) is 2. The maximum atomic E-state index is 6.53. The molecule has 112 valence electrons. The van der Waals surface area contributed by atoms with Crippen molar-refractivity contribution < 1.29 is 4.74 Å². The maximum Gasteiger partial charge on any atom is 0.211 e. The van der Waals surface area contributed by atoms with Gasteiger partial charge < -0.3 is 9.64 Å². The van der Waals surface area contributed by atoms with E-state index in [1.807, 2.05) is 18.2 Å². The second-order valence-corrected chi connectivity index (χ2v) is 6.95. The molecule has 0 N–H and O–H groups in total. The van der Waals surface area contributed by atoms with Gasteiger partial charge in [0.1, 0.15) is 5.75 Å². The molecule has 0 amide bonds. The summed E-state index contributed by atoms with van der Waals surface area (Å²) in [7, 11) is 2.10. The highest BCUT2D eigenvalue weighted by atomic mass is 35.5. The van der Waals surface area contributed by atoms with Crippen LogP contribution in [-0.4, -0.2) is 12.8 Å². The fourth-order valence-electron chi connectivity index (χ4n) is 3.75. The SMILES string of the molecule is CN1c2ccccc2C(C)(C)[C@]12C=Cc1cc(Cl)ccc1O2. The summed E-state index contributed by atoms with van der Waals surface area (Å²) in [5.41, 5.74) is 2.87. The molecule has 2 nitrogen and oxygen atoms in total. The van der Waals surface area contributed by atoms with E-state index in [2.05, 4.69) is 62.2 Å². The van der Waals surface area contributed by atoms with Gasteiger partial charge in [0.25, 0.3) is 0 Å². The zero-order valence-electron chi connectivity index (χ0n) is 12.9. The minimum absolute atomic E-state index is 0.161. The number of fused-ring (bicyclic) bond motifs is 2. The Morgan fingerprint density at radius 3 is 2.64 bits per heavy atom. The van der Waals surface area contributed by atoms with Gasteiger partial charge in [-0.15, -0.1) is 0 Å². The van der Waals surface area contributed by atoms with Crippen LogP contribution in [0.25, 0.3) is 6.08 Å². The van der Waals surface area contributed by atoms with Gasteiger partial charge in [-0.2, -0.15) is 0 Å². The fraction of sp³-hybridized carbons (Fsp3) is 0.263. The molecule has 0 radical (unpaired) electrons. The summed E-state index contributed by atoms with van der Waals surface area (Å²) in [5, 5.41) is 0.727. The van der Waals surface area contributed by atoms with Crippen molar-refractivity contribution in [1.82, 2.24) is 0 Å². The number of likely N-dealkylation sites (N-methyl/N-ethyl adjacent to an activating group) is 1. The molecule has 22 heavy (non-hydrogen) atoms. The Morgan fingerprint density at radius 2 is 1.86 bits per heavy atom. The molecule has 2 aliphatic rings. The molecule has 2 aliphatic heterocycles. The highest BCUT2D eigenvalue weighted by molar-refractivity contribution is 6.30. The predicted molar refractivity (Wildman–Crippen MR) is 91.7 cm³/mol. The van der Waals surface area contributed by atoms with Crippen LogP contribution in [0.5, 0.6) is 5.75 Å². The van der Waals surface area contributed by atoms with Gasteiger partial charge >= 0.3 is 0 Å². The van der Waals surface area contributed by atoms with Gasteiger partial charge in [-0.25, -0.2) is 0 Å². The number of rotatable bonds is 0. The van der Waals surface area contributed by atoms with E-state index < -0.39 is 5.72 Å². The van der Waals surface area contributed by atoms with Crippen LogP contribution < -0.4 is 9.64 Å². The maximum absolute atomic E-state index is 6.53. The number of para-hydroxylation sites is 1. The van der Waals surface area contributed by atoms with E-state index >= 15 is 0 Å². The molecule has 0 aromatic heterocycles. The highest BCUT2D eigenvalue weighted by Gasteiger charge is 2.57. The molecule has 2 aromatic rings. The van der Waals surface area contributed by atoms with Crippen molar-refractivity contribution in [2.75, 3.05) is 11.9 Å². The number of hydrogen-bond donors (Lipinski definition) is 0. The molecule has 0 fully saturated rings. The molecule has 0 bridgehead atoms. The van der Waals surface area contributed by atoms with Crippen molar-refractivity contribution in [1.29, 1.82) is 0 Å². The van der Waals surface area contributed by atoms with E-state index in [1.165, 1.54) is 11.3 Å². The van der Waals surface area contributed by atoms with E-state index in [0.717, 1.165) is 16.3 Å². The van der Waals surface area contributed by atoms with Crippen LogP contribution >= 0.6 is 11.6 Å². The molecule has 2 heterocycles. The van der Waals surface area contributed by atoms with Gasteiger partial charge in [0.05, 0.1) is 5.41 Å². The Kier molecular flexibility index (Phi) is 2.68. The van der Waals surface area contributed by atoms with Crippen LogP contribution in [0.15, 0.2) is 48.5 Å². The van der Waals surface area contributed by atoms with Gasteiger partial charge in [-0.1, -0.05) is 29.8 Å². The fourth-order valence-corrected chi connectivity index (χ4v) is 3.93. The molecule has 2 aromatic carbocycles. The van der Waals surface area contributed by atoms with E-state index in [1.54, 1.807) is 0 Å². The van der Waals surface area contributed by atoms with Gasteiger partial charge in [-0.3, -0.25) is 0 Å². The van der Waals surface area contributed by atoms with Crippen LogP contribution in [0, 0.1) is 0 Å². The molecule has 1 spiro atoms. The minimum Gasteiger partial charge on any atom is -0.463 e.